The molecular weight excluding hydrogens is 360 g/mol. The predicted octanol–water partition coefficient (Wildman–Crippen LogP) is 3.81. The first-order valence-electron chi connectivity index (χ1n) is 10.2. The van der Waals surface area contributed by atoms with Crippen molar-refractivity contribution in [1.29, 1.82) is 0 Å². The minimum Gasteiger partial charge on any atom is -0.339 e. The van der Waals surface area contributed by atoms with E-state index in [1.54, 1.807) is 6.08 Å². The van der Waals surface area contributed by atoms with Crippen LogP contribution in [0.1, 0.15) is 18.4 Å². The highest BCUT2D eigenvalue weighted by Gasteiger charge is 2.23. The summed E-state index contributed by atoms with van der Waals surface area (Å²) in [5, 5.41) is 1.06. The van der Waals surface area contributed by atoms with Gasteiger partial charge in [-0.15, -0.1) is 0 Å². The van der Waals surface area contributed by atoms with Gasteiger partial charge in [0.15, 0.2) is 0 Å². The lowest BCUT2D eigenvalue weighted by Gasteiger charge is -2.34. The molecule has 1 saturated heterocycles. The van der Waals surface area contributed by atoms with Gasteiger partial charge < -0.3 is 14.4 Å². The molecule has 0 unspecified atom stereocenters. The first-order chi connectivity index (χ1) is 14.1. The van der Waals surface area contributed by atoms with Gasteiger partial charge in [0.2, 0.25) is 5.91 Å². The SMILES string of the molecule is CN1CCC(N(C)C(=O)C=Cc2c(-c3ccccc3)n(C)c3ncccc23)CC1. The molecule has 1 aliphatic rings. The Labute approximate surface area is 172 Å². The van der Waals surface area contributed by atoms with E-state index in [1.807, 2.05) is 55.5 Å². The number of fused-ring (bicyclic) bond motifs is 1. The molecule has 5 heteroatoms. The molecule has 1 fully saturated rings. The Morgan fingerprint density at radius 1 is 1.10 bits per heavy atom. The molecule has 4 rings (SSSR count). The van der Waals surface area contributed by atoms with Crippen molar-refractivity contribution in [2.75, 3.05) is 27.2 Å². The maximum Gasteiger partial charge on any atom is 0.246 e. The molecule has 5 nitrogen and oxygen atoms in total. The van der Waals surface area contributed by atoms with E-state index in [0.717, 1.165) is 53.8 Å². The molecule has 0 radical (unpaired) electrons. The largest absolute Gasteiger partial charge is 0.339 e. The number of hydrogen-bond donors (Lipinski definition) is 0. The van der Waals surface area contributed by atoms with E-state index in [9.17, 15) is 4.79 Å². The number of hydrogen-bond acceptors (Lipinski definition) is 3. The Morgan fingerprint density at radius 3 is 2.55 bits per heavy atom. The lowest BCUT2D eigenvalue weighted by molar-refractivity contribution is -0.127. The number of carbonyl (C=O) groups is 1. The standard InChI is InChI=1S/C24H28N4O/c1-26-16-13-19(14-17-26)27(2)22(29)12-11-20-21-10-7-15-25-24(21)28(3)23(20)18-8-5-4-6-9-18/h4-12,15,19H,13-14,16-17H2,1-3H3. The summed E-state index contributed by atoms with van der Waals surface area (Å²) in [6, 6.07) is 14.6. The molecule has 3 heterocycles. The van der Waals surface area contributed by atoms with Crippen LogP contribution in [-0.2, 0) is 11.8 Å². The smallest absolute Gasteiger partial charge is 0.246 e. The van der Waals surface area contributed by atoms with Gasteiger partial charge in [-0.3, -0.25) is 4.79 Å². The molecular formula is C24H28N4O. The number of benzene rings is 1. The van der Waals surface area contributed by atoms with Crippen LogP contribution in [0.5, 0.6) is 0 Å². The average molecular weight is 389 g/mol. The van der Waals surface area contributed by atoms with Gasteiger partial charge in [-0.2, -0.15) is 0 Å². The van der Waals surface area contributed by atoms with Crippen molar-refractivity contribution in [3.05, 3.63) is 60.3 Å². The molecule has 0 spiro atoms. The monoisotopic (exact) mass is 388 g/mol. The highest BCUT2D eigenvalue weighted by atomic mass is 16.2. The molecule has 29 heavy (non-hydrogen) atoms. The normalized spacial score (nSPS) is 16.0. The Balaban J connectivity index is 1.67. The van der Waals surface area contributed by atoms with Gasteiger partial charge in [0.1, 0.15) is 5.65 Å². The summed E-state index contributed by atoms with van der Waals surface area (Å²) >= 11 is 0. The number of pyridine rings is 1. The third-order valence-corrected chi connectivity index (χ3v) is 6.01. The summed E-state index contributed by atoms with van der Waals surface area (Å²) in [7, 11) is 6.09. The van der Waals surface area contributed by atoms with Crippen LogP contribution >= 0.6 is 0 Å². The van der Waals surface area contributed by atoms with Crippen molar-refractivity contribution in [3.8, 4) is 11.3 Å². The number of aryl methyl sites for hydroxylation is 1. The third kappa shape index (κ3) is 3.83. The average Bonchev–Trinajstić information content (AvgIpc) is 3.04. The molecule has 3 aromatic rings. The second-order valence-electron chi connectivity index (χ2n) is 7.88. The van der Waals surface area contributed by atoms with Gasteiger partial charge in [-0.1, -0.05) is 30.3 Å². The van der Waals surface area contributed by atoms with E-state index in [4.69, 9.17) is 0 Å². The van der Waals surface area contributed by atoms with Gasteiger partial charge in [0, 0.05) is 43.4 Å². The van der Waals surface area contributed by atoms with Gasteiger partial charge in [0.25, 0.3) is 0 Å². The lowest BCUT2D eigenvalue weighted by Crippen LogP contribution is -2.43. The first kappa shape index (κ1) is 19.4. The van der Waals surface area contributed by atoms with E-state index in [1.165, 1.54) is 0 Å². The number of carbonyl (C=O) groups excluding carboxylic acids is 1. The second-order valence-corrected chi connectivity index (χ2v) is 7.88. The summed E-state index contributed by atoms with van der Waals surface area (Å²) in [5.74, 6) is 0.0551. The highest BCUT2D eigenvalue weighted by Crippen LogP contribution is 2.33. The molecule has 150 valence electrons. The number of likely N-dealkylation sites (N-methyl/N-ethyl adjacent to an activating group) is 1. The zero-order chi connectivity index (χ0) is 20.4. The first-order valence-corrected chi connectivity index (χ1v) is 10.2. The molecule has 1 aliphatic heterocycles. The zero-order valence-corrected chi connectivity index (χ0v) is 17.4. The van der Waals surface area contributed by atoms with Crippen LogP contribution in [0, 0.1) is 0 Å². The van der Waals surface area contributed by atoms with Gasteiger partial charge >= 0.3 is 0 Å². The number of nitrogens with zero attached hydrogens (tertiary/aromatic N) is 4. The molecule has 1 amide bonds. The van der Waals surface area contributed by atoms with Crippen LogP contribution in [0.4, 0.5) is 0 Å². The molecule has 0 saturated carbocycles. The number of rotatable bonds is 4. The molecule has 0 atom stereocenters. The van der Waals surface area contributed by atoms with E-state index >= 15 is 0 Å². The predicted molar refractivity (Wildman–Crippen MR) is 118 cm³/mol. The van der Waals surface area contributed by atoms with Gasteiger partial charge in [-0.05, 0) is 56.8 Å². The fourth-order valence-corrected chi connectivity index (χ4v) is 4.24. The highest BCUT2D eigenvalue weighted by molar-refractivity contribution is 6.00. The Kier molecular flexibility index (Phi) is 5.49. The van der Waals surface area contributed by atoms with E-state index in [-0.39, 0.29) is 5.91 Å². The molecule has 0 N–H and O–H groups in total. The number of amides is 1. The summed E-state index contributed by atoms with van der Waals surface area (Å²) in [6.07, 6.45) is 7.54. The maximum atomic E-state index is 12.9. The molecule has 0 aliphatic carbocycles. The van der Waals surface area contributed by atoms with Crippen molar-refractivity contribution in [2.24, 2.45) is 7.05 Å². The number of piperidine rings is 1. The topological polar surface area (TPSA) is 41.4 Å². The van der Waals surface area contributed by atoms with Crippen LogP contribution < -0.4 is 0 Å². The van der Waals surface area contributed by atoms with E-state index in [2.05, 4.69) is 39.7 Å². The summed E-state index contributed by atoms with van der Waals surface area (Å²) < 4.78 is 2.11. The minimum atomic E-state index is 0.0551. The van der Waals surface area contributed by atoms with Crippen molar-refractivity contribution in [3.63, 3.8) is 0 Å². The lowest BCUT2D eigenvalue weighted by atomic mass is 10.0. The Morgan fingerprint density at radius 2 is 1.83 bits per heavy atom. The third-order valence-electron chi connectivity index (χ3n) is 6.01. The molecule has 1 aromatic carbocycles. The van der Waals surface area contributed by atoms with Crippen LogP contribution in [-0.4, -0.2) is 58.5 Å². The minimum absolute atomic E-state index is 0.0551. The zero-order valence-electron chi connectivity index (χ0n) is 17.4. The quantitative estimate of drug-likeness (QED) is 0.638. The molecule has 2 aromatic heterocycles. The molecule has 0 bridgehead atoms. The number of aromatic nitrogens is 2. The summed E-state index contributed by atoms with van der Waals surface area (Å²) in [6.45, 7) is 2.08. The van der Waals surface area contributed by atoms with Crippen LogP contribution in [0.25, 0.3) is 28.4 Å². The number of likely N-dealkylation sites (tertiary alicyclic amines) is 1. The fourth-order valence-electron chi connectivity index (χ4n) is 4.24. The fraction of sp³-hybridized carbons (Fsp3) is 0.333. The van der Waals surface area contributed by atoms with Crippen LogP contribution in [0.3, 0.4) is 0 Å². The van der Waals surface area contributed by atoms with E-state index in [0.29, 0.717) is 6.04 Å². The van der Waals surface area contributed by atoms with Gasteiger partial charge in [0.05, 0.1) is 5.69 Å². The van der Waals surface area contributed by atoms with Gasteiger partial charge in [-0.25, -0.2) is 4.98 Å². The van der Waals surface area contributed by atoms with Crippen molar-refractivity contribution in [1.82, 2.24) is 19.4 Å². The maximum absolute atomic E-state index is 12.9. The van der Waals surface area contributed by atoms with Crippen molar-refractivity contribution in [2.45, 2.75) is 18.9 Å². The Hall–Kier alpha value is -2.92. The van der Waals surface area contributed by atoms with Crippen molar-refractivity contribution < 1.29 is 4.79 Å². The van der Waals surface area contributed by atoms with Crippen LogP contribution in [0.15, 0.2) is 54.7 Å². The summed E-state index contributed by atoms with van der Waals surface area (Å²) in [4.78, 5) is 21.7. The second kappa shape index (κ2) is 8.21. The van der Waals surface area contributed by atoms with Crippen LogP contribution in [0.2, 0.25) is 0 Å². The summed E-state index contributed by atoms with van der Waals surface area (Å²) in [5.41, 5.74) is 4.14. The van der Waals surface area contributed by atoms with E-state index < -0.39 is 0 Å². The van der Waals surface area contributed by atoms with Crippen molar-refractivity contribution >= 4 is 23.0 Å². The Bertz CT molecular complexity index is 1030.